The van der Waals surface area contributed by atoms with Gasteiger partial charge < -0.3 is 9.88 Å². The fourth-order valence-corrected chi connectivity index (χ4v) is 3.27. The van der Waals surface area contributed by atoms with Crippen LogP contribution >= 0.6 is 0 Å². The second-order valence-electron chi connectivity index (χ2n) is 6.26. The van der Waals surface area contributed by atoms with Crippen molar-refractivity contribution in [1.29, 1.82) is 0 Å². The van der Waals surface area contributed by atoms with Crippen LogP contribution in [-0.2, 0) is 28.9 Å². The van der Waals surface area contributed by atoms with E-state index in [9.17, 15) is 22.8 Å². The van der Waals surface area contributed by atoms with Crippen molar-refractivity contribution in [1.82, 2.24) is 18.7 Å². The Morgan fingerprint density at radius 2 is 1.75 bits per heavy atom. The van der Waals surface area contributed by atoms with Crippen LogP contribution in [0.4, 0.5) is 5.69 Å². The van der Waals surface area contributed by atoms with E-state index in [1.54, 1.807) is 6.92 Å². The van der Waals surface area contributed by atoms with Gasteiger partial charge in [0.1, 0.15) is 6.04 Å². The Morgan fingerprint density at radius 1 is 1.14 bits per heavy atom. The van der Waals surface area contributed by atoms with E-state index in [2.05, 4.69) is 10.3 Å². The molecule has 2 heterocycles. The summed E-state index contributed by atoms with van der Waals surface area (Å²) in [7, 11) is -0.999. The lowest BCUT2D eigenvalue weighted by Crippen LogP contribution is -2.38. The zero-order chi connectivity index (χ0) is 20.8. The lowest BCUT2D eigenvalue weighted by atomic mass is 10.2. The van der Waals surface area contributed by atoms with Gasteiger partial charge in [0.05, 0.1) is 11.2 Å². The summed E-state index contributed by atoms with van der Waals surface area (Å²) in [6.45, 7) is 1.57. The predicted octanol–water partition coefficient (Wildman–Crippen LogP) is -0.719. The van der Waals surface area contributed by atoms with Gasteiger partial charge in [0, 0.05) is 19.8 Å². The third-order valence-electron chi connectivity index (χ3n) is 4.42. The number of nitrogens with one attached hydrogen (secondary N) is 1. The lowest BCUT2D eigenvalue weighted by Gasteiger charge is -2.15. The molecule has 0 saturated heterocycles. The van der Waals surface area contributed by atoms with Gasteiger partial charge >= 0.3 is 5.69 Å². The molecule has 28 heavy (non-hydrogen) atoms. The van der Waals surface area contributed by atoms with Gasteiger partial charge in [-0.05, 0) is 31.2 Å². The van der Waals surface area contributed by atoms with Crippen molar-refractivity contribution in [3.8, 4) is 0 Å². The van der Waals surface area contributed by atoms with E-state index in [-0.39, 0.29) is 16.1 Å². The van der Waals surface area contributed by atoms with Gasteiger partial charge in [-0.3, -0.25) is 18.7 Å². The largest absolute Gasteiger partial charge is 0.332 e. The first-order valence-electron chi connectivity index (χ1n) is 8.08. The Bertz CT molecular complexity index is 1300. The fourth-order valence-electron chi connectivity index (χ4n) is 2.76. The molecule has 3 N–H and O–H groups in total. The second kappa shape index (κ2) is 6.73. The minimum Gasteiger partial charge on any atom is -0.324 e. The van der Waals surface area contributed by atoms with Gasteiger partial charge in [-0.1, -0.05) is 0 Å². The summed E-state index contributed by atoms with van der Waals surface area (Å²) in [4.78, 5) is 41.1. The number of benzene rings is 1. The number of imidazole rings is 1. The fraction of sp³-hybridized carbons (Fsp3) is 0.250. The van der Waals surface area contributed by atoms with Crippen LogP contribution in [0, 0.1) is 0 Å². The minimum absolute atomic E-state index is 0.0800. The molecule has 0 aliphatic heterocycles. The maximum absolute atomic E-state index is 12.6. The number of aryl methyl sites for hydroxylation is 1. The smallest absolute Gasteiger partial charge is 0.324 e. The van der Waals surface area contributed by atoms with Crippen molar-refractivity contribution in [2.45, 2.75) is 17.9 Å². The van der Waals surface area contributed by atoms with Crippen molar-refractivity contribution in [2.75, 3.05) is 5.32 Å². The van der Waals surface area contributed by atoms with Crippen LogP contribution in [0.15, 0.2) is 45.1 Å². The molecule has 0 saturated carbocycles. The van der Waals surface area contributed by atoms with Gasteiger partial charge in [-0.25, -0.2) is 23.3 Å². The number of hydrogen-bond donors (Lipinski definition) is 2. The summed E-state index contributed by atoms with van der Waals surface area (Å²) < 4.78 is 26.1. The van der Waals surface area contributed by atoms with Crippen molar-refractivity contribution in [3.63, 3.8) is 0 Å². The number of carbonyl (C=O) groups is 1. The number of anilines is 1. The van der Waals surface area contributed by atoms with Crippen molar-refractivity contribution >= 4 is 32.8 Å². The molecule has 0 aliphatic carbocycles. The SMILES string of the molecule is CC(C(=O)Nc1ccc(S(N)(=O)=O)cc1)n1cnc2c1c(=O)n(C)c(=O)n2C. The Balaban J connectivity index is 1.94. The molecular formula is C16H18N6O5S. The number of primary sulfonamides is 1. The van der Waals surface area contributed by atoms with E-state index in [1.807, 2.05) is 0 Å². The van der Waals surface area contributed by atoms with Gasteiger partial charge in [0.15, 0.2) is 11.2 Å². The number of nitrogens with two attached hydrogens (primary N) is 1. The van der Waals surface area contributed by atoms with Crippen LogP contribution in [0.2, 0.25) is 0 Å². The Hall–Kier alpha value is -3.25. The van der Waals surface area contributed by atoms with E-state index < -0.39 is 33.2 Å². The van der Waals surface area contributed by atoms with Gasteiger partial charge in [0.25, 0.3) is 5.56 Å². The Labute approximate surface area is 159 Å². The third kappa shape index (κ3) is 3.23. The van der Waals surface area contributed by atoms with Gasteiger partial charge in [0.2, 0.25) is 15.9 Å². The Kier molecular flexibility index (Phi) is 4.69. The maximum Gasteiger partial charge on any atom is 0.332 e. The zero-order valence-electron chi connectivity index (χ0n) is 15.3. The number of carbonyl (C=O) groups excluding carboxylic acids is 1. The summed E-state index contributed by atoms with van der Waals surface area (Å²) in [5.74, 6) is -0.460. The van der Waals surface area contributed by atoms with Crippen molar-refractivity contribution < 1.29 is 13.2 Å². The summed E-state index contributed by atoms with van der Waals surface area (Å²) in [6.07, 6.45) is 1.32. The maximum atomic E-state index is 12.6. The molecule has 3 aromatic rings. The molecule has 148 valence electrons. The highest BCUT2D eigenvalue weighted by Crippen LogP contribution is 2.17. The first kappa shape index (κ1) is 19.5. The van der Waals surface area contributed by atoms with Crippen molar-refractivity contribution in [3.05, 3.63) is 51.4 Å². The molecule has 0 spiro atoms. The molecule has 1 amide bonds. The van der Waals surface area contributed by atoms with E-state index in [1.165, 1.54) is 53.8 Å². The molecule has 11 nitrogen and oxygen atoms in total. The molecule has 3 rings (SSSR count). The molecule has 2 aromatic heterocycles. The standard InChI is InChI=1S/C16H18N6O5S/c1-9(14(23)19-10-4-6-11(7-5-10)28(17,26)27)22-8-18-13-12(22)15(24)21(3)16(25)20(13)2/h4-9H,1-3H3,(H,19,23)(H2,17,26,27). The van der Waals surface area contributed by atoms with Crippen LogP contribution in [0.25, 0.3) is 11.2 Å². The quantitative estimate of drug-likeness (QED) is 0.583. The monoisotopic (exact) mass is 406 g/mol. The first-order valence-corrected chi connectivity index (χ1v) is 9.63. The van der Waals surface area contributed by atoms with Gasteiger partial charge in [-0.15, -0.1) is 0 Å². The molecule has 1 unspecified atom stereocenters. The molecule has 1 aromatic carbocycles. The highest BCUT2D eigenvalue weighted by molar-refractivity contribution is 7.89. The van der Waals surface area contributed by atoms with Crippen LogP contribution in [0.3, 0.4) is 0 Å². The number of fused-ring (bicyclic) bond motifs is 1. The molecule has 1 atom stereocenters. The highest BCUT2D eigenvalue weighted by Gasteiger charge is 2.22. The summed E-state index contributed by atoms with van der Waals surface area (Å²) in [5, 5.41) is 7.67. The molecule has 0 bridgehead atoms. The normalized spacial score (nSPS) is 12.9. The average molecular weight is 406 g/mol. The van der Waals surface area contributed by atoms with Gasteiger partial charge in [-0.2, -0.15) is 0 Å². The molecule has 0 radical (unpaired) electrons. The highest BCUT2D eigenvalue weighted by atomic mass is 32.2. The van der Waals surface area contributed by atoms with E-state index in [4.69, 9.17) is 5.14 Å². The Morgan fingerprint density at radius 3 is 2.32 bits per heavy atom. The lowest BCUT2D eigenvalue weighted by molar-refractivity contribution is -0.118. The van der Waals surface area contributed by atoms with Crippen LogP contribution in [0.5, 0.6) is 0 Å². The summed E-state index contributed by atoms with van der Waals surface area (Å²) in [5.41, 5.74) is -0.432. The second-order valence-corrected chi connectivity index (χ2v) is 7.83. The van der Waals surface area contributed by atoms with Crippen LogP contribution in [0.1, 0.15) is 13.0 Å². The topological polar surface area (TPSA) is 151 Å². The van der Waals surface area contributed by atoms with E-state index in [0.29, 0.717) is 5.69 Å². The summed E-state index contributed by atoms with van der Waals surface area (Å²) in [6, 6.07) is 4.52. The van der Waals surface area contributed by atoms with Crippen molar-refractivity contribution in [2.24, 2.45) is 19.2 Å². The zero-order valence-corrected chi connectivity index (χ0v) is 16.1. The third-order valence-corrected chi connectivity index (χ3v) is 5.35. The number of amides is 1. The molecular weight excluding hydrogens is 388 g/mol. The predicted molar refractivity (Wildman–Crippen MR) is 101 cm³/mol. The van der Waals surface area contributed by atoms with Crippen LogP contribution in [-0.4, -0.2) is 33.0 Å². The first-order chi connectivity index (χ1) is 13.0. The van der Waals surface area contributed by atoms with Crippen LogP contribution < -0.4 is 21.7 Å². The van der Waals surface area contributed by atoms with E-state index >= 15 is 0 Å². The van der Waals surface area contributed by atoms with E-state index in [0.717, 1.165) is 4.57 Å². The molecule has 12 heteroatoms. The molecule has 0 aliphatic rings. The number of hydrogen-bond acceptors (Lipinski definition) is 6. The number of rotatable bonds is 4. The number of nitrogens with zero attached hydrogens (tertiary/aromatic N) is 4. The number of sulfonamides is 1. The minimum atomic E-state index is -3.83. The molecule has 0 fully saturated rings. The average Bonchev–Trinajstić information content (AvgIpc) is 3.08. The summed E-state index contributed by atoms with van der Waals surface area (Å²) >= 11 is 0. The number of aromatic nitrogens is 4.